The molecule has 0 amide bonds. The maximum atomic E-state index is 12.2. The Morgan fingerprint density at radius 3 is 2.62 bits per heavy atom. The number of hydrogen-bond donors (Lipinski definition) is 1. The molecule has 2 aromatic heterocycles. The second-order valence-electron chi connectivity index (χ2n) is 5.44. The van der Waals surface area contributed by atoms with E-state index in [1.54, 1.807) is 17.5 Å². The average Bonchev–Trinajstić information content (AvgIpc) is 3.14. The van der Waals surface area contributed by atoms with Crippen LogP contribution in [0.4, 0.5) is 0 Å². The highest BCUT2D eigenvalue weighted by atomic mass is 32.2. The van der Waals surface area contributed by atoms with Crippen LogP contribution in [0.15, 0.2) is 65.5 Å². The Kier molecular flexibility index (Phi) is 5.40. The molecule has 0 unspecified atom stereocenters. The van der Waals surface area contributed by atoms with Crippen LogP contribution < -0.4 is 4.72 Å². The van der Waals surface area contributed by atoms with E-state index in [1.165, 1.54) is 0 Å². The van der Waals surface area contributed by atoms with Gasteiger partial charge in [-0.05, 0) is 41.1 Å². The fraction of sp³-hybridized carbons (Fsp3) is 0.167. The fourth-order valence-corrected chi connectivity index (χ4v) is 4.00. The van der Waals surface area contributed by atoms with E-state index in [1.807, 2.05) is 59.3 Å². The van der Waals surface area contributed by atoms with E-state index in [9.17, 15) is 8.42 Å². The summed E-state index contributed by atoms with van der Waals surface area (Å²) >= 11 is 1.61. The number of hydrogen-bond acceptors (Lipinski definition) is 4. The lowest BCUT2D eigenvalue weighted by molar-refractivity contribution is 0.580. The lowest BCUT2D eigenvalue weighted by Gasteiger charge is -2.08. The van der Waals surface area contributed by atoms with Crippen molar-refractivity contribution in [3.63, 3.8) is 0 Å². The minimum atomic E-state index is -3.31. The summed E-state index contributed by atoms with van der Waals surface area (Å²) in [5, 5.41) is 4.02. The van der Waals surface area contributed by atoms with E-state index < -0.39 is 10.0 Å². The second-order valence-corrected chi connectivity index (χ2v) is 8.14. The molecule has 0 saturated carbocycles. The molecule has 3 aromatic rings. The highest BCUT2D eigenvalue weighted by Crippen LogP contribution is 2.20. The molecule has 0 aliphatic carbocycles. The summed E-state index contributed by atoms with van der Waals surface area (Å²) in [6.07, 6.45) is 2.22. The molecule has 4 nitrogen and oxygen atoms in total. The van der Waals surface area contributed by atoms with Gasteiger partial charge in [0.15, 0.2) is 0 Å². The number of nitrogens with zero attached hydrogens (tertiary/aromatic N) is 1. The minimum absolute atomic E-state index is 0.0828. The van der Waals surface area contributed by atoms with Gasteiger partial charge >= 0.3 is 0 Å². The summed E-state index contributed by atoms with van der Waals surface area (Å²) in [7, 11) is -3.31. The molecule has 0 aliphatic rings. The lowest BCUT2D eigenvalue weighted by Crippen LogP contribution is -2.26. The van der Waals surface area contributed by atoms with Gasteiger partial charge in [0.2, 0.25) is 10.0 Å². The molecule has 0 saturated heterocycles. The summed E-state index contributed by atoms with van der Waals surface area (Å²) in [4.78, 5) is 4.33. The Bertz CT molecular complexity index is 876. The lowest BCUT2D eigenvalue weighted by atomic mass is 10.1. The zero-order valence-electron chi connectivity index (χ0n) is 13.1. The SMILES string of the molecule is O=S(=O)(CCc1ccccc1)NCc1ccnc(-c2ccsc2)c1. The Balaban J connectivity index is 1.59. The Labute approximate surface area is 146 Å². The monoisotopic (exact) mass is 358 g/mol. The maximum absolute atomic E-state index is 12.2. The second kappa shape index (κ2) is 7.70. The molecular formula is C18H18N2O2S2. The molecule has 6 heteroatoms. The van der Waals surface area contributed by atoms with Crippen LogP contribution in [0.2, 0.25) is 0 Å². The smallest absolute Gasteiger partial charge is 0.212 e. The molecule has 0 atom stereocenters. The summed E-state index contributed by atoms with van der Waals surface area (Å²) in [6.45, 7) is 0.275. The maximum Gasteiger partial charge on any atom is 0.212 e. The van der Waals surface area contributed by atoms with Gasteiger partial charge in [0, 0.05) is 23.7 Å². The summed E-state index contributed by atoms with van der Waals surface area (Å²) in [6, 6.07) is 15.4. The number of nitrogens with one attached hydrogen (secondary N) is 1. The summed E-state index contributed by atoms with van der Waals surface area (Å²) in [5.41, 5.74) is 3.83. The van der Waals surface area contributed by atoms with Gasteiger partial charge in [-0.2, -0.15) is 11.3 Å². The largest absolute Gasteiger partial charge is 0.256 e. The molecule has 1 N–H and O–H groups in total. The number of aryl methyl sites for hydroxylation is 1. The van der Waals surface area contributed by atoms with Crippen molar-refractivity contribution in [3.05, 3.63) is 76.6 Å². The number of pyridine rings is 1. The molecule has 1 aromatic carbocycles. The van der Waals surface area contributed by atoms with Crippen LogP contribution in [0.5, 0.6) is 0 Å². The Hall–Kier alpha value is -2.02. The van der Waals surface area contributed by atoms with Crippen LogP contribution in [0, 0.1) is 0 Å². The molecule has 2 heterocycles. The van der Waals surface area contributed by atoms with Crippen molar-refractivity contribution < 1.29 is 8.42 Å². The van der Waals surface area contributed by atoms with Crippen molar-refractivity contribution in [3.8, 4) is 11.3 Å². The van der Waals surface area contributed by atoms with Crippen LogP contribution in [0.25, 0.3) is 11.3 Å². The highest BCUT2D eigenvalue weighted by molar-refractivity contribution is 7.89. The predicted molar refractivity (Wildman–Crippen MR) is 98.3 cm³/mol. The van der Waals surface area contributed by atoms with Gasteiger partial charge in [-0.15, -0.1) is 0 Å². The van der Waals surface area contributed by atoms with E-state index in [0.717, 1.165) is 22.4 Å². The molecule has 0 bridgehead atoms. The van der Waals surface area contributed by atoms with Gasteiger partial charge in [-0.25, -0.2) is 13.1 Å². The third-order valence-electron chi connectivity index (χ3n) is 3.64. The molecule has 0 fully saturated rings. The van der Waals surface area contributed by atoms with Gasteiger partial charge in [0.1, 0.15) is 0 Å². The van der Waals surface area contributed by atoms with E-state index >= 15 is 0 Å². The van der Waals surface area contributed by atoms with Gasteiger partial charge in [0.05, 0.1) is 11.4 Å². The summed E-state index contributed by atoms with van der Waals surface area (Å²) < 4.78 is 27.0. The van der Waals surface area contributed by atoms with Gasteiger partial charge < -0.3 is 0 Å². The van der Waals surface area contributed by atoms with Crippen LogP contribution >= 0.6 is 11.3 Å². The van der Waals surface area contributed by atoms with Crippen molar-refractivity contribution in [1.29, 1.82) is 0 Å². The Morgan fingerprint density at radius 1 is 1.04 bits per heavy atom. The third kappa shape index (κ3) is 4.74. The number of rotatable bonds is 7. The quantitative estimate of drug-likeness (QED) is 0.703. The van der Waals surface area contributed by atoms with Crippen molar-refractivity contribution in [1.82, 2.24) is 9.71 Å². The van der Waals surface area contributed by atoms with Crippen molar-refractivity contribution in [2.75, 3.05) is 5.75 Å². The van der Waals surface area contributed by atoms with E-state index in [0.29, 0.717) is 6.42 Å². The molecule has 24 heavy (non-hydrogen) atoms. The molecule has 0 spiro atoms. The zero-order valence-corrected chi connectivity index (χ0v) is 14.7. The predicted octanol–water partition coefficient (Wildman–Crippen LogP) is 3.47. The van der Waals surface area contributed by atoms with Gasteiger partial charge in [-0.3, -0.25) is 4.98 Å². The topological polar surface area (TPSA) is 59.1 Å². The van der Waals surface area contributed by atoms with Crippen LogP contribution in [-0.4, -0.2) is 19.2 Å². The van der Waals surface area contributed by atoms with Gasteiger partial charge in [0.25, 0.3) is 0 Å². The number of aromatic nitrogens is 1. The first-order valence-electron chi connectivity index (χ1n) is 7.61. The highest BCUT2D eigenvalue weighted by Gasteiger charge is 2.11. The minimum Gasteiger partial charge on any atom is -0.256 e. The van der Waals surface area contributed by atoms with Gasteiger partial charge in [-0.1, -0.05) is 30.3 Å². The zero-order chi connectivity index (χ0) is 16.8. The first-order valence-corrected chi connectivity index (χ1v) is 10.2. The van der Waals surface area contributed by atoms with Crippen molar-refractivity contribution in [2.45, 2.75) is 13.0 Å². The van der Waals surface area contributed by atoms with E-state index in [2.05, 4.69) is 9.71 Å². The first-order chi connectivity index (χ1) is 11.6. The van der Waals surface area contributed by atoms with E-state index in [-0.39, 0.29) is 12.3 Å². The van der Waals surface area contributed by atoms with Crippen molar-refractivity contribution >= 4 is 21.4 Å². The molecule has 124 valence electrons. The number of sulfonamides is 1. The Morgan fingerprint density at radius 2 is 1.88 bits per heavy atom. The standard InChI is InChI=1S/C18H18N2O2S2/c21-24(22,11-8-15-4-2-1-3-5-15)20-13-16-6-9-19-18(12-16)17-7-10-23-14-17/h1-7,9-10,12,14,20H,8,11,13H2. The number of thiophene rings is 1. The third-order valence-corrected chi connectivity index (χ3v) is 5.65. The average molecular weight is 358 g/mol. The molecule has 3 rings (SSSR count). The van der Waals surface area contributed by atoms with Crippen molar-refractivity contribution in [2.24, 2.45) is 0 Å². The number of benzene rings is 1. The molecular weight excluding hydrogens is 340 g/mol. The van der Waals surface area contributed by atoms with Crippen LogP contribution in [-0.2, 0) is 23.0 Å². The summed E-state index contributed by atoms with van der Waals surface area (Å²) in [5.74, 6) is 0.0828. The fourth-order valence-electron chi connectivity index (χ4n) is 2.31. The van der Waals surface area contributed by atoms with Crippen LogP contribution in [0.3, 0.4) is 0 Å². The van der Waals surface area contributed by atoms with E-state index in [4.69, 9.17) is 0 Å². The normalized spacial score (nSPS) is 11.5. The molecule has 0 radical (unpaired) electrons. The first kappa shape index (κ1) is 16.8. The molecule has 0 aliphatic heterocycles. The van der Waals surface area contributed by atoms with Crippen LogP contribution in [0.1, 0.15) is 11.1 Å².